The molecule has 3 heterocycles. The molecule has 0 aliphatic carbocycles. The number of nitrogens with zero attached hydrogens (tertiary/aromatic N) is 7. The molecule has 37 heavy (non-hydrogen) atoms. The van der Waals surface area contributed by atoms with Gasteiger partial charge in [0.25, 0.3) is 5.91 Å². The summed E-state index contributed by atoms with van der Waals surface area (Å²) in [5.74, 6) is -0.0628. The Morgan fingerprint density at radius 1 is 1.00 bits per heavy atom. The van der Waals surface area contributed by atoms with Gasteiger partial charge in [-0.15, -0.1) is 5.10 Å². The van der Waals surface area contributed by atoms with Crippen molar-refractivity contribution in [1.82, 2.24) is 33.9 Å². The molecule has 1 amide bonds. The van der Waals surface area contributed by atoms with E-state index in [2.05, 4.69) is 45.0 Å². The van der Waals surface area contributed by atoms with Crippen LogP contribution in [0.1, 0.15) is 29.9 Å². The van der Waals surface area contributed by atoms with E-state index in [9.17, 15) is 9.59 Å². The second kappa shape index (κ2) is 9.90. The monoisotopic (exact) mass is 605 g/mol. The highest BCUT2D eigenvalue weighted by Crippen LogP contribution is 2.27. The maximum Gasteiger partial charge on any atom is 0.328 e. The van der Waals surface area contributed by atoms with Gasteiger partial charge in [-0.25, -0.2) is 9.48 Å². The van der Waals surface area contributed by atoms with Crippen molar-refractivity contribution in [2.24, 2.45) is 14.1 Å². The molecule has 12 heteroatoms. The number of aryl methyl sites for hydroxylation is 2. The maximum absolute atomic E-state index is 13.6. The van der Waals surface area contributed by atoms with E-state index in [4.69, 9.17) is 23.2 Å². The number of rotatable bonds is 4. The quantitative estimate of drug-likeness (QED) is 0.347. The van der Waals surface area contributed by atoms with Crippen molar-refractivity contribution in [3.63, 3.8) is 0 Å². The minimum atomic E-state index is -0.127. The number of aromatic nitrogens is 5. The van der Waals surface area contributed by atoms with Crippen LogP contribution in [0.5, 0.6) is 0 Å². The highest BCUT2D eigenvalue weighted by molar-refractivity contribution is 9.10. The molecule has 194 valence electrons. The second-order valence-electron chi connectivity index (χ2n) is 9.58. The summed E-state index contributed by atoms with van der Waals surface area (Å²) in [5.41, 5.74) is 3.47. The van der Waals surface area contributed by atoms with Gasteiger partial charge in [0, 0.05) is 60.3 Å². The fraction of sp³-hybridized carbons (Fsp3) is 0.360. The van der Waals surface area contributed by atoms with Crippen LogP contribution in [-0.2, 0) is 20.6 Å². The van der Waals surface area contributed by atoms with Gasteiger partial charge < -0.3 is 4.90 Å². The Balaban J connectivity index is 1.32. The average molecular weight is 607 g/mol. The Kier molecular flexibility index (Phi) is 6.95. The van der Waals surface area contributed by atoms with E-state index >= 15 is 0 Å². The molecular weight excluding hydrogens is 581 g/mol. The lowest BCUT2D eigenvalue weighted by Gasteiger charge is -2.44. The summed E-state index contributed by atoms with van der Waals surface area (Å²) < 4.78 is 5.47. The molecule has 1 aliphatic heterocycles. The maximum atomic E-state index is 13.6. The minimum absolute atomic E-state index is 0.0628. The van der Waals surface area contributed by atoms with E-state index in [1.54, 1.807) is 52.2 Å². The highest BCUT2D eigenvalue weighted by atomic mass is 79.9. The van der Waals surface area contributed by atoms with Gasteiger partial charge in [-0.05, 0) is 60.1 Å². The largest absolute Gasteiger partial charge is 0.335 e. The minimum Gasteiger partial charge on any atom is -0.335 e. The topological polar surface area (TPSA) is 81.2 Å². The zero-order chi connectivity index (χ0) is 26.6. The molecular formula is C25H26BrCl2N7O2. The van der Waals surface area contributed by atoms with Crippen LogP contribution >= 0.6 is 39.1 Å². The van der Waals surface area contributed by atoms with Gasteiger partial charge in [0.1, 0.15) is 0 Å². The van der Waals surface area contributed by atoms with Crippen LogP contribution in [0.2, 0.25) is 10.0 Å². The van der Waals surface area contributed by atoms with Crippen LogP contribution in [0, 0.1) is 0 Å². The van der Waals surface area contributed by atoms with Crippen LogP contribution in [0.25, 0.3) is 16.7 Å². The van der Waals surface area contributed by atoms with Crippen molar-refractivity contribution in [3.8, 4) is 5.69 Å². The van der Waals surface area contributed by atoms with E-state index < -0.39 is 0 Å². The van der Waals surface area contributed by atoms with Gasteiger partial charge in [-0.2, -0.15) is 0 Å². The predicted octanol–water partition coefficient (Wildman–Crippen LogP) is 4.26. The van der Waals surface area contributed by atoms with Gasteiger partial charge in [-0.3, -0.25) is 18.8 Å². The Morgan fingerprint density at radius 3 is 2.22 bits per heavy atom. The van der Waals surface area contributed by atoms with E-state index in [0.717, 1.165) is 22.4 Å². The fourth-order valence-electron chi connectivity index (χ4n) is 5.04. The van der Waals surface area contributed by atoms with Crippen molar-refractivity contribution in [1.29, 1.82) is 0 Å². The molecule has 2 atom stereocenters. The molecule has 1 fully saturated rings. The first-order valence-electron chi connectivity index (χ1n) is 11.8. The summed E-state index contributed by atoms with van der Waals surface area (Å²) in [6.45, 7) is 5.95. The van der Waals surface area contributed by atoms with Crippen LogP contribution in [0.3, 0.4) is 0 Å². The van der Waals surface area contributed by atoms with Gasteiger partial charge in [0.05, 0.1) is 34.2 Å². The molecule has 0 unspecified atom stereocenters. The summed E-state index contributed by atoms with van der Waals surface area (Å²) in [6.07, 6.45) is 1.87. The van der Waals surface area contributed by atoms with Crippen molar-refractivity contribution in [2.45, 2.75) is 32.5 Å². The first-order chi connectivity index (χ1) is 17.5. The van der Waals surface area contributed by atoms with Gasteiger partial charge in [-0.1, -0.05) is 28.4 Å². The van der Waals surface area contributed by atoms with Gasteiger partial charge in [0.15, 0.2) is 0 Å². The van der Waals surface area contributed by atoms with Gasteiger partial charge in [0.2, 0.25) is 0 Å². The van der Waals surface area contributed by atoms with Crippen LogP contribution in [0.15, 0.2) is 45.8 Å². The summed E-state index contributed by atoms with van der Waals surface area (Å²) >= 11 is 15.8. The van der Waals surface area contributed by atoms with Crippen LogP contribution in [-0.4, -0.2) is 65.0 Å². The number of hydrogen-bond donors (Lipinski definition) is 0. The number of amides is 1. The van der Waals surface area contributed by atoms with Crippen LogP contribution < -0.4 is 5.69 Å². The lowest BCUT2D eigenvalue weighted by molar-refractivity contribution is 0.0263. The number of carbonyl (C=O) groups excluding carboxylic acids is 1. The Hall–Kier alpha value is -2.66. The predicted molar refractivity (Wildman–Crippen MR) is 148 cm³/mol. The Labute approximate surface area is 232 Å². The Bertz CT molecular complexity index is 1550. The fourth-order valence-corrected chi connectivity index (χ4v) is 6.06. The third-order valence-electron chi connectivity index (χ3n) is 6.98. The summed E-state index contributed by atoms with van der Waals surface area (Å²) in [6, 6.07) is 9.07. The van der Waals surface area contributed by atoms with Gasteiger partial charge >= 0.3 is 5.69 Å². The summed E-state index contributed by atoms with van der Waals surface area (Å²) in [5, 5.41) is 9.65. The summed E-state index contributed by atoms with van der Waals surface area (Å²) in [4.78, 5) is 30.1. The number of piperazine rings is 1. The van der Waals surface area contributed by atoms with E-state index in [1.165, 1.54) is 0 Å². The molecule has 0 radical (unpaired) electrons. The molecule has 0 saturated carbocycles. The zero-order valence-electron chi connectivity index (χ0n) is 20.8. The molecule has 2 aromatic heterocycles. The molecule has 9 nitrogen and oxygen atoms in total. The number of imidazole rings is 1. The average Bonchev–Trinajstić information content (AvgIpc) is 3.39. The van der Waals surface area contributed by atoms with Crippen LogP contribution in [0.4, 0.5) is 0 Å². The molecule has 0 N–H and O–H groups in total. The molecule has 2 aromatic carbocycles. The van der Waals surface area contributed by atoms with Crippen molar-refractivity contribution in [3.05, 3.63) is 72.8 Å². The van der Waals surface area contributed by atoms with E-state index in [1.807, 2.05) is 17.2 Å². The molecule has 4 aromatic rings. The third kappa shape index (κ3) is 4.83. The highest BCUT2D eigenvalue weighted by Gasteiger charge is 2.33. The molecule has 5 rings (SSSR count). The lowest BCUT2D eigenvalue weighted by atomic mass is 10.1. The normalized spacial score (nSPS) is 18.6. The van der Waals surface area contributed by atoms with E-state index in [0.29, 0.717) is 39.7 Å². The van der Waals surface area contributed by atoms with Crippen molar-refractivity contribution < 1.29 is 4.79 Å². The molecule has 1 aliphatic rings. The van der Waals surface area contributed by atoms with Crippen molar-refractivity contribution in [2.75, 3.05) is 13.1 Å². The molecule has 1 saturated heterocycles. The summed E-state index contributed by atoms with van der Waals surface area (Å²) in [7, 11) is 3.44. The van der Waals surface area contributed by atoms with Crippen molar-refractivity contribution >= 4 is 56.1 Å². The SMILES string of the molecule is C[C@@H]1CN(C(=O)c2cc3c(cc2Br)n(C)c(=O)n3C)C[C@H](C)N1Cc1cn(-c2cc(Cl)cc(Cl)c2)nn1. The Morgan fingerprint density at radius 2 is 1.59 bits per heavy atom. The third-order valence-corrected chi connectivity index (χ3v) is 8.07. The number of benzene rings is 2. The molecule has 0 spiro atoms. The van der Waals surface area contributed by atoms with E-state index in [-0.39, 0.29) is 23.7 Å². The number of fused-ring (bicyclic) bond motifs is 1. The number of halogens is 3. The number of carbonyl (C=O) groups is 1. The standard InChI is InChI=1S/C25H26BrCl2N7O2/c1-14-10-33(24(36)20-8-22-23(9-21(20)26)32(4)25(37)31(22)3)11-15(2)34(14)12-18-13-35(30-29-18)19-6-16(27)5-17(28)7-19/h5-9,13-15H,10-12H2,1-4H3/t14-,15+. The smallest absolute Gasteiger partial charge is 0.328 e. The second-order valence-corrected chi connectivity index (χ2v) is 11.3. The molecule has 0 bridgehead atoms. The first kappa shape index (κ1) is 26.0. The zero-order valence-corrected chi connectivity index (χ0v) is 23.9. The lowest BCUT2D eigenvalue weighted by Crippen LogP contribution is -2.57. The first-order valence-corrected chi connectivity index (χ1v) is 13.4. The number of hydrogen-bond acceptors (Lipinski definition) is 5.